The zero-order valence-corrected chi connectivity index (χ0v) is 9.67. The Kier molecular flexibility index (Phi) is 3.76. The number of carbonyl (C=O) groups excluding carboxylic acids is 1. The lowest BCUT2D eigenvalue weighted by molar-refractivity contribution is 0.0822. The van der Waals surface area contributed by atoms with Crippen molar-refractivity contribution in [2.75, 3.05) is 0 Å². The predicted molar refractivity (Wildman–Crippen MR) is 55.9 cm³/mol. The molecule has 0 aliphatic heterocycles. The van der Waals surface area contributed by atoms with Gasteiger partial charge < -0.3 is 0 Å². The molecule has 1 amide bonds. The van der Waals surface area contributed by atoms with Gasteiger partial charge in [0.2, 0.25) is 0 Å². The molecule has 1 aromatic heterocycles. The number of hydrogen-bond donors (Lipinski definition) is 1. The number of carbonyl (C=O) groups is 1. The normalized spacial score (nSPS) is 12.2. The van der Waals surface area contributed by atoms with Gasteiger partial charge >= 0.3 is 15.3 Å². The van der Waals surface area contributed by atoms with Crippen molar-refractivity contribution in [2.24, 2.45) is 0 Å². The maximum Gasteiger partial charge on any atom is 0.363 e. The zero-order chi connectivity index (χ0) is 13.1. The van der Waals surface area contributed by atoms with Crippen LogP contribution in [-0.2, 0) is 10.0 Å². The summed E-state index contributed by atoms with van der Waals surface area (Å²) in [6.45, 7) is 1.01. The molecule has 0 unspecified atom stereocenters. The average molecular weight is 264 g/mol. The number of rotatable bonds is 4. The van der Waals surface area contributed by atoms with Crippen molar-refractivity contribution in [2.45, 2.75) is 18.6 Å². The van der Waals surface area contributed by atoms with Gasteiger partial charge in [-0.3, -0.25) is 9.78 Å². The van der Waals surface area contributed by atoms with Gasteiger partial charge in [-0.1, -0.05) is 6.92 Å². The molecule has 1 aromatic rings. The molecule has 0 spiro atoms. The summed E-state index contributed by atoms with van der Waals surface area (Å²) in [7, 11) is -5.02. The van der Waals surface area contributed by atoms with Gasteiger partial charge in [0.1, 0.15) is 0 Å². The number of pyridine rings is 1. The van der Waals surface area contributed by atoms with Crippen molar-refractivity contribution >= 4 is 15.9 Å². The van der Waals surface area contributed by atoms with E-state index in [2.05, 4.69) is 4.98 Å². The fourth-order valence-corrected chi connectivity index (χ4v) is 1.83. The Morgan fingerprint density at radius 1 is 1.53 bits per heavy atom. The van der Waals surface area contributed by atoms with Gasteiger partial charge in [-0.15, -0.1) is 0 Å². The lowest BCUT2D eigenvalue weighted by Gasteiger charge is -2.15. The van der Waals surface area contributed by atoms with Crippen molar-refractivity contribution in [3.05, 3.63) is 30.1 Å². The lowest BCUT2D eigenvalue weighted by Crippen LogP contribution is -2.42. The second kappa shape index (κ2) is 4.74. The summed E-state index contributed by atoms with van der Waals surface area (Å²) in [5, 5.41) is -3.98. The molecule has 0 bridgehead atoms. The third kappa shape index (κ3) is 2.96. The Morgan fingerprint density at radius 2 is 2.18 bits per heavy atom. The Labute approximate surface area is 96.9 Å². The van der Waals surface area contributed by atoms with Crippen LogP contribution in [0, 0.1) is 0 Å². The summed E-state index contributed by atoms with van der Waals surface area (Å²) in [5.41, 5.74) is -0.108. The van der Waals surface area contributed by atoms with E-state index in [0.717, 1.165) is 13.1 Å². The van der Waals surface area contributed by atoms with Gasteiger partial charge in [-0.05, 0) is 12.1 Å². The molecule has 8 heteroatoms. The van der Waals surface area contributed by atoms with E-state index in [0.29, 0.717) is 0 Å². The third-order valence-corrected chi connectivity index (χ3v) is 3.48. The molecule has 1 N–H and O–H groups in total. The van der Waals surface area contributed by atoms with Crippen LogP contribution in [0.5, 0.6) is 0 Å². The number of halogens is 2. The van der Waals surface area contributed by atoms with Crippen LogP contribution >= 0.6 is 0 Å². The zero-order valence-electron chi connectivity index (χ0n) is 8.85. The molecule has 17 heavy (non-hydrogen) atoms. The van der Waals surface area contributed by atoms with Crippen LogP contribution in [-0.4, -0.2) is 24.6 Å². The maximum atomic E-state index is 13.0. The minimum absolute atomic E-state index is 0.108. The number of sulfonamides is 1. The van der Waals surface area contributed by atoms with Gasteiger partial charge in [0.05, 0.1) is 5.56 Å². The van der Waals surface area contributed by atoms with E-state index < -0.39 is 27.6 Å². The minimum atomic E-state index is -5.02. The number of nitrogens with zero attached hydrogens (tertiary/aromatic N) is 1. The van der Waals surface area contributed by atoms with Gasteiger partial charge in [-0.2, -0.15) is 8.78 Å². The van der Waals surface area contributed by atoms with Gasteiger partial charge in [0.15, 0.2) is 0 Å². The van der Waals surface area contributed by atoms with E-state index in [1.165, 1.54) is 23.1 Å². The van der Waals surface area contributed by atoms with Crippen LogP contribution in [0.25, 0.3) is 0 Å². The molecular formula is C9H10F2N2O3S. The Balaban J connectivity index is 2.91. The molecule has 0 radical (unpaired) electrons. The number of aromatic nitrogens is 1. The van der Waals surface area contributed by atoms with E-state index in [1.807, 2.05) is 0 Å². The summed E-state index contributed by atoms with van der Waals surface area (Å²) in [6.07, 6.45) is 1.53. The third-order valence-electron chi connectivity index (χ3n) is 1.96. The predicted octanol–water partition coefficient (Wildman–Crippen LogP) is 1.14. The minimum Gasteiger partial charge on any atom is -0.268 e. The van der Waals surface area contributed by atoms with Crippen molar-refractivity contribution in [1.82, 2.24) is 9.71 Å². The van der Waals surface area contributed by atoms with E-state index in [1.54, 1.807) is 0 Å². The van der Waals surface area contributed by atoms with E-state index in [-0.39, 0.29) is 5.56 Å². The van der Waals surface area contributed by atoms with E-state index in [4.69, 9.17) is 0 Å². The van der Waals surface area contributed by atoms with E-state index in [9.17, 15) is 22.0 Å². The monoisotopic (exact) mass is 264 g/mol. The highest BCUT2D eigenvalue weighted by atomic mass is 32.2. The van der Waals surface area contributed by atoms with Crippen molar-refractivity contribution in [3.63, 3.8) is 0 Å². The topological polar surface area (TPSA) is 76.1 Å². The van der Waals surface area contributed by atoms with E-state index >= 15 is 0 Å². The molecular weight excluding hydrogens is 254 g/mol. The molecule has 1 heterocycles. The van der Waals surface area contributed by atoms with Crippen molar-refractivity contribution < 1.29 is 22.0 Å². The number of hydrogen-bond acceptors (Lipinski definition) is 4. The number of amides is 1. The lowest BCUT2D eigenvalue weighted by atomic mass is 10.3. The molecule has 0 atom stereocenters. The first-order chi connectivity index (χ1) is 7.80. The summed E-state index contributed by atoms with van der Waals surface area (Å²) in [4.78, 5) is 14.9. The fraction of sp³-hybridized carbons (Fsp3) is 0.333. The smallest absolute Gasteiger partial charge is 0.268 e. The molecule has 5 nitrogen and oxygen atoms in total. The standard InChI is InChI=1S/C9H10F2N2O3S/c1-2-9(10,11)17(15,16)13-8(14)7-4-3-5-12-6-7/h3-6H,2H2,1H3,(H,13,14). The Hall–Kier alpha value is -1.57. The van der Waals surface area contributed by atoms with Crippen LogP contribution in [0.2, 0.25) is 0 Å². The summed E-state index contributed by atoms with van der Waals surface area (Å²) in [6, 6.07) is 2.65. The molecule has 94 valence electrons. The van der Waals surface area contributed by atoms with Crippen LogP contribution in [0.3, 0.4) is 0 Å². The first-order valence-corrected chi connectivity index (χ1v) is 6.13. The van der Waals surface area contributed by atoms with Crippen LogP contribution in [0.4, 0.5) is 8.78 Å². The summed E-state index contributed by atoms with van der Waals surface area (Å²) in [5.74, 6) is -1.13. The van der Waals surface area contributed by atoms with Crippen LogP contribution in [0.15, 0.2) is 24.5 Å². The highest BCUT2D eigenvalue weighted by Gasteiger charge is 2.44. The molecule has 0 saturated heterocycles. The van der Waals surface area contributed by atoms with Gasteiger partial charge in [0, 0.05) is 18.8 Å². The molecule has 0 saturated carbocycles. The fourth-order valence-electron chi connectivity index (χ4n) is 0.943. The van der Waals surface area contributed by atoms with Crippen LogP contribution < -0.4 is 4.72 Å². The SMILES string of the molecule is CCC(F)(F)S(=O)(=O)NC(=O)c1cccnc1. The molecule has 0 aliphatic rings. The summed E-state index contributed by atoms with van der Waals surface area (Å²) < 4.78 is 49.6. The van der Waals surface area contributed by atoms with Crippen molar-refractivity contribution in [3.8, 4) is 0 Å². The maximum absolute atomic E-state index is 13.0. The quantitative estimate of drug-likeness (QED) is 0.884. The van der Waals surface area contributed by atoms with Gasteiger partial charge in [-0.25, -0.2) is 13.1 Å². The Bertz CT molecular complexity index is 502. The molecule has 0 aliphatic carbocycles. The Morgan fingerprint density at radius 3 is 2.65 bits per heavy atom. The second-order valence-electron chi connectivity index (χ2n) is 3.17. The second-order valence-corrected chi connectivity index (χ2v) is 4.98. The first-order valence-electron chi connectivity index (χ1n) is 4.64. The molecule has 0 aromatic carbocycles. The van der Waals surface area contributed by atoms with Crippen LogP contribution in [0.1, 0.15) is 23.7 Å². The number of nitrogens with one attached hydrogen (secondary N) is 1. The average Bonchev–Trinajstić information content (AvgIpc) is 2.29. The molecule has 1 rings (SSSR count). The summed E-state index contributed by atoms with van der Waals surface area (Å²) >= 11 is 0. The first kappa shape index (κ1) is 13.5. The van der Waals surface area contributed by atoms with Gasteiger partial charge in [0.25, 0.3) is 5.91 Å². The largest absolute Gasteiger partial charge is 0.363 e. The molecule has 0 fully saturated rings. The highest BCUT2D eigenvalue weighted by molar-refractivity contribution is 7.91. The number of alkyl halides is 2. The highest BCUT2D eigenvalue weighted by Crippen LogP contribution is 2.24. The van der Waals surface area contributed by atoms with Crippen molar-refractivity contribution in [1.29, 1.82) is 0 Å².